The normalized spacial score (nSPS) is 10.6. The SMILES string of the molecule is CCN(C(=O)c1c(Cl)c(C)nn1CC)c1ccccc1. The van der Waals surface area contributed by atoms with Crippen molar-refractivity contribution < 1.29 is 4.79 Å². The van der Waals surface area contributed by atoms with Crippen LogP contribution >= 0.6 is 11.6 Å². The van der Waals surface area contributed by atoms with Crippen LogP contribution < -0.4 is 4.90 Å². The summed E-state index contributed by atoms with van der Waals surface area (Å²) in [5.41, 5.74) is 2.00. The molecular weight excluding hydrogens is 274 g/mol. The van der Waals surface area contributed by atoms with Gasteiger partial charge in [0.1, 0.15) is 5.69 Å². The molecule has 0 aliphatic heterocycles. The Bertz CT molecular complexity index is 607. The fourth-order valence-electron chi connectivity index (χ4n) is 2.17. The average Bonchev–Trinajstić information content (AvgIpc) is 2.76. The summed E-state index contributed by atoms with van der Waals surface area (Å²) >= 11 is 6.25. The number of halogens is 1. The van der Waals surface area contributed by atoms with Gasteiger partial charge in [-0.3, -0.25) is 9.48 Å². The van der Waals surface area contributed by atoms with Crippen LogP contribution in [0.3, 0.4) is 0 Å². The van der Waals surface area contributed by atoms with Crippen LogP contribution in [0.4, 0.5) is 5.69 Å². The highest BCUT2D eigenvalue weighted by molar-refractivity contribution is 6.34. The van der Waals surface area contributed by atoms with Crippen LogP contribution in [0.2, 0.25) is 5.02 Å². The van der Waals surface area contributed by atoms with E-state index in [1.165, 1.54) is 0 Å². The van der Waals surface area contributed by atoms with E-state index in [0.29, 0.717) is 29.5 Å². The van der Waals surface area contributed by atoms with Gasteiger partial charge in [-0.1, -0.05) is 29.8 Å². The van der Waals surface area contributed by atoms with Crippen LogP contribution in [0.25, 0.3) is 0 Å². The lowest BCUT2D eigenvalue weighted by atomic mass is 10.2. The third-order valence-corrected chi connectivity index (χ3v) is 3.64. The first-order valence-corrected chi connectivity index (χ1v) is 7.07. The van der Waals surface area contributed by atoms with Gasteiger partial charge in [-0.25, -0.2) is 0 Å². The monoisotopic (exact) mass is 291 g/mol. The molecule has 0 N–H and O–H groups in total. The van der Waals surface area contributed by atoms with Crippen molar-refractivity contribution >= 4 is 23.2 Å². The highest BCUT2D eigenvalue weighted by atomic mass is 35.5. The van der Waals surface area contributed by atoms with E-state index in [1.54, 1.807) is 9.58 Å². The molecule has 1 amide bonds. The number of nitrogens with zero attached hydrogens (tertiary/aromatic N) is 3. The molecule has 0 unspecified atom stereocenters. The molecule has 5 heteroatoms. The maximum atomic E-state index is 12.8. The third-order valence-electron chi connectivity index (χ3n) is 3.19. The molecule has 0 saturated heterocycles. The molecule has 106 valence electrons. The van der Waals surface area contributed by atoms with Crippen LogP contribution in [-0.4, -0.2) is 22.2 Å². The molecule has 0 aliphatic rings. The van der Waals surface area contributed by atoms with Crippen LogP contribution in [0.15, 0.2) is 30.3 Å². The highest BCUT2D eigenvalue weighted by Crippen LogP contribution is 2.24. The Morgan fingerprint density at radius 3 is 2.50 bits per heavy atom. The number of carbonyl (C=O) groups excluding carboxylic acids is 1. The zero-order chi connectivity index (χ0) is 14.7. The van der Waals surface area contributed by atoms with Gasteiger partial charge in [-0.05, 0) is 32.9 Å². The van der Waals surface area contributed by atoms with Gasteiger partial charge in [0.05, 0.1) is 10.7 Å². The first-order chi connectivity index (χ1) is 9.60. The zero-order valence-corrected chi connectivity index (χ0v) is 12.7. The minimum atomic E-state index is -0.119. The molecule has 0 atom stereocenters. The van der Waals surface area contributed by atoms with Crippen molar-refractivity contribution in [3.05, 3.63) is 46.7 Å². The summed E-state index contributed by atoms with van der Waals surface area (Å²) in [6.45, 7) is 6.88. The highest BCUT2D eigenvalue weighted by Gasteiger charge is 2.24. The molecule has 2 aromatic rings. The van der Waals surface area contributed by atoms with Gasteiger partial charge in [0.25, 0.3) is 5.91 Å². The first-order valence-electron chi connectivity index (χ1n) is 6.69. The van der Waals surface area contributed by atoms with E-state index < -0.39 is 0 Å². The molecule has 4 nitrogen and oxygen atoms in total. The smallest absolute Gasteiger partial charge is 0.278 e. The average molecular weight is 292 g/mol. The number of aromatic nitrogens is 2. The van der Waals surface area contributed by atoms with Crippen molar-refractivity contribution in [3.63, 3.8) is 0 Å². The fraction of sp³-hybridized carbons (Fsp3) is 0.333. The number of benzene rings is 1. The minimum Gasteiger partial charge on any atom is -0.307 e. The molecule has 0 saturated carbocycles. The number of carbonyl (C=O) groups is 1. The maximum Gasteiger partial charge on any atom is 0.278 e. The molecule has 1 heterocycles. The number of anilines is 1. The van der Waals surface area contributed by atoms with E-state index in [-0.39, 0.29) is 5.91 Å². The van der Waals surface area contributed by atoms with Crippen LogP contribution in [0, 0.1) is 6.92 Å². The third kappa shape index (κ3) is 2.56. The number of amides is 1. The van der Waals surface area contributed by atoms with E-state index >= 15 is 0 Å². The lowest BCUT2D eigenvalue weighted by Crippen LogP contribution is -2.32. The molecule has 1 aromatic carbocycles. The molecule has 20 heavy (non-hydrogen) atoms. The van der Waals surface area contributed by atoms with Crippen LogP contribution in [0.5, 0.6) is 0 Å². The Hall–Kier alpha value is -1.81. The van der Waals surface area contributed by atoms with Gasteiger partial charge in [0.15, 0.2) is 0 Å². The second-order valence-corrected chi connectivity index (χ2v) is 4.83. The summed E-state index contributed by atoms with van der Waals surface area (Å²) in [7, 11) is 0. The van der Waals surface area contributed by atoms with Crippen molar-refractivity contribution in [3.8, 4) is 0 Å². The first kappa shape index (κ1) is 14.6. The van der Waals surface area contributed by atoms with E-state index in [2.05, 4.69) is 5.10 Å². The Kier molecular flexibility index (Phi) is 4.45. The summed E-state index contributed by atoms with van der Waals surface area (Å²) in [6.07, 6.45) is 0. The number of hydrogen-bond donors (Lipinski definition) is 0. The number of hydrogen-bond acceptors (Lipinski definition) is 2. The van der Waals surface area contributed by atoms with Crippen molar-refractivity contribution in [1.29, 1.82) is 0 Å². The van der Waals surface area contributed by atoms with Gasteiger partial charge in [0, 0.05) is 18.8 Å². The van der Waals surface area contributed by atoms with Gasteiger partial charge in [-0.15, -0.1) is 0 Å². The number of aryl methyl sites for hydroxylation is 2. The van der Waals surface area contributed by atoms with Crippen molar-refractivity contribution in [2.75, 3.05) is 11.4 Å². The Morgan fingerprint density at radius 1 is 1.30 bits per heavy atom. The number of rotatable bonds is 4. The van der Waals surface area contributed by atoms with Crippen molar-refractivity contribution in [1.82, 2.24) is 9.78 Å². The predicted molar refractivity (Wildman–Crippen MR) is 81.4 cm³/mol. The zero-order valence-electron chi connectivity index (χ0n) is 11.9. The van der Waals surface area contributed by atoms with Gasteiger partial charge in [0.2, 0.25) is 0 Å². The molecule has 1 aromatic heterocycles. The summed E-state index contributed by atoms with van der Waals surface area (Å²) < 4.78 is 1.66. The number of para-hydroxylation sites is 1. The Labute approximate surface area is 124 Å². The summed E-state index contributed by atoms with van der Waals surface area (Å²) in [4.78, 5) is 14.5. The molecule has 0 bridgehead atoms. The van der Waals surface area contributed by atoms with E-state index in [9.17, 15) is 4.79 Å². The van der Waals surface area contributed by atoms with Crippen molar-refractivity contribution in [2.24, 2.45) is 0 Å². The largest absolute Gasteiger partial charge is 0.307 e. The second-order valence-electron chi connectivity index (χ2n) is 4.45. The van der Waals surface area contributed by atoms with Gasteiger partial charge in [-0.2, -0.15) is 5.10 Å². The minimum absolute atomic E-state index is 0.119. The lowest BCUT2D eigenvalue weighted by Gasteiger charge is -2.21. The molecule has 0 fully saturated rings. The van der Waals surface area contributed by atoms with E-state index in [0.717, 1.165) is 5.69 Å². The molecule has 0 spiro atoms. The second kappa shape index (κ2) is 6.09. The lowest BCUT2D eigenvalue weighted by molar-refractivity contribution is 0.0978. The predicted octanol–water partition coefficient (Wildman–Crippen LogP) is 3.53. The Balaban J connectivity index is 2.44. The molecule has 0 aliphatic carbocycles. The van der Waals surface area contributed by atoms with E-state index in [4.69, 9.17) is 11.6 Å². The molecule has 2 rings (SSSR count). The maximum absolute atomic E-state index is 12.8. The molecule has 0 radical (unpaired) electrons. The van der Waals surface area contributed by atoms with E-state index in [1.807, 2.05) is 51.1 Å². The molecular formula is C15H18ClN3O. The standard InChI is InChI=1S/C15H18ClN3O/c1-4-18(12-9-7-6-8-10-12)15(20)14-13(16)11(3)17-19(14)5-2/h6-10H,4-5H2,1-3H3. The topological polar surface area (TPSA) is 38.1 Å². The van der Waals surface area contributed by atoms with Crippen molar-refractivity contribution in [2.45, 2.75) is 27.3 Å². The fourth-order valence-corrected chi connectivity index (χ4v) is 2.39. The Morgan fingerprint density at radius 2 is 1.95 bits per heavy atom. The van der Waals surface area contributed by atoms with Crippen LogP contribution in [0.1, 0.15) is 30.0 Å². The van der Waals surface area contributed by atoms with Gasteiger partial charge < -0.3 is 4.90 Å². The van der Waals surface area contributed by atoms with Crippen LogP contribution in [-0.2, 0) is 6.54 Å². The summed E-state index contributed by atoms with van der Waals surface area (Å²) in [5.74, 6) is -0.119. The summed E-state index contributed by atoms with van der Waals surface area (Å²) in [5, 5.41) is 4.73. The van der Waals surface area contributed by atoms with Gasteiger partial charge >= 0.3 is 0 Å². The summed E-state index contributed by atoms with van der Waals surface area (Å²) in [6, 6.07) is 9.57. The quantitative estimate of drug-likeness (QED) is 0.864.